The molecule has 4 aliphatic rings. The van der Waals surface area contributed by atoms with Crippen LogP contribution in [0.25, 0.3) is 22.3 Å². The lowest BCUT2D eigenvalue weighted by atomic mass is 9.64. The molecule has 6 nitrogen and oxygen atoms in total. The van der Waals surface area contributed by atoms with Crippen molar-refractivity contribution in [3.8, 4) is 33.8 Å². The fourth-order valence-electron chi connectivity index (χ4n) is 9.74. The summed E-state index contributed by atoms with van der Waals surface area (Å²) in [6.45, 7) is 9.21. The van der Waals surface area contributed by atoms with Crippen molar-refractivity contribution in [3.63, 3.8) is 0 Å². The van der Waals surface area contributed by atoms with Gasteiger partial charge in [0.05, 0.1) is 29.0 Å². The van der Waals surface area contributed by atoms with E-state index in [0.29, 0.717) is 72.1 Å². The molecule has 2 N–H and O–H groups in total. The Labute approximate surface area is 348 Å². The first kappa shape index (κ1) is 43.2. The summed E-state index contributed by atoms with van der Waals surface area (Å²) in [6, 6.07) is 23.6. The van der Waals surface area contributed by atoms with Gasteiger partial charge in [-0.2, -0.15) is 13.2 Å². The second-order valence-corrected chi connectivity index (χ2v) is 19.0. The van der Waals surface area contributed by atoms with Crippen LogP contribution >= 0.6 is 0 Å². The molecule has 0 aromatic heterocycles. The molecule has 320 valence electrons. The van der Waals surface area contributed by atoms with Crippen LogP contribution in [0.5, 0.6) is 11.5 Å². The molecule has 0 bridgehead atoms. The van der Waals surface area contributed by atoms with E-state index in [2.05, 4.69) is 27.7 Å². The molecule has 4 fully saturated rings. The van der Waals surface area contributed by atoms with E-state index in [4.69, 9.17) is 9.47 Å². The maximum atomic E-state index is 14.8. The van der Waals surface area contributed by atoms with E-state index >= 15 is 0 Å². The van der Waals surface area contributed by atoms with Crippen molar-refractivity contribution < 1.29 is 51.2 Å². The molecule has 4 aromatic carbocycles. The summed E-state index contributed by atoms with van der Waals surface area (Å²) < 4.78 is 79.8. The molecule has 8 rings (SSSR count). The zero-order valence-electron chi connectivity index (χ0n) is 34.5. The molecule has 0 radical (unpaired) electrons. The molecule has 60 heavy (non-hydrogen) atoms. The predicted octanol–water partition coefficient (Wildman–Crippen LogP) is 12.7. The first-order chi connectivity index (χ1) is 28.2. The fourth-order valence-corrected chi connectivity index (χ4v) is 9.74. The Bertz CT molecular complexity index is 2180. The lowest BCUT2D eigenvalue weighted by molar-refractivity contribution is -0.185. The lowest BCUT2D eigenvalue weighted by Crippen LogP contribution is -2.39. The van der Waals surface area contributed by atoms with E-state index < -0.39 is 40.7 Å². The predicted molar refractivity (Wildman–Crippen MR) is 219 cm³/mol. The highest BCUT2D eigenvalue weighted by Gasteiger charge is 2.53. The van der Waals surface area contributed by atoms with Crippen LogP contribution in [0.4, 0.5) is 22.0 Å². The van der Waals surface area contributed by atoms with Crippen molar-refractivity contribution in [3.05, 3.63) is 108 Å². The van der Waals surface area contributed by atoms with Crippen LogP contribution in [0.1, 0.15) is 109 Å². The number of hydrogen-bond donors (Lipinski definition) is 2. The number of benzene rings is 4. The molecule has 0 atom stereocenters. The highest BCUT2D eigenvalue weighted by Crippen LogP contribution is 2.51. The average Bonchev–Trinajstić information content (AvgIpc) is 4.10. The van der Waals surface area contributed by atoms with Crippen LogP contribution in [-0.4, -0.2) is 40.5 Å². The van der Waals surface area contributed by atoms with Gasteiger partial charge in [-0.05, 0) is 140 Å². The topological polar surface area (TPSA) is 93.1 Å². The summed E-state index contributed by atoms with van der Waals surface area (Å²) in [7, 11) is 0. The van der Waals surface area contributed by atoms with Gasteiger partial charge in [-0.25, -0.2) is 8.78 Å². The standard InChI is InChI=1S/C26H31FO3.C23H22F4O3/c1-24(2)14-20(15-25(3,4)16-24)30-19-8-5-17(6-9-19)21-10-7-18(13-22(21)27)26(11-12-26)23(28)29;24-20-13-16(22(11-12-22)21(28)29)5-10-19(20)14-1-6-17(7-2-14)30-18-8-3-15(4-9-18)23(25,26)27/h5-10,13,20H,11-12,14-16H2,1-4H3,(H,28,29);1-2,5-7,10,13,15,18H,3-4,8-9,11-12H2,(H,28,29). The molecule has 0 unspecified atom stereocenters. The summed E-state index contributed by atoms with van der Waals surface area (Å²) in [5.74, 6) is -2.58. The molecule has 11 heteroatoms. The smallest absolute Gasteiger partial charge is 0.391 e. The molecule has 4 saturated carbocycles. The summed E-state index contributed by atoms with van der Waals surface area (Å²) in [5, 5.41) is 18.8. The number of alkyl halides is 3. The SMILES string of the molecule is CC1(C)CC(Oc2ccc(-c3ccc(C4(C(=O)O)CC4)cc3F)cc2)CC(C)(C)C1.O=C(O)C1(c2ccc(-c3ccc(OC4CCC(C(F)(F)F)CC4)cc3)c(F)c2)CC1. The average molecular weight is 833 g/mol. The zero-order valence-corrected chi connectivity index (χ0v) is 34.5. The third-order valence-corrected chi connectivity index (χ3v) is 13.0. The Hall–Kier alpha value is -4.93. The van der Waals surface area contributed by atoms with Gasteiger partial charge < -0.3 is 19.7 Å². The van der Waals surface area contributed by atoms with Crippen molar-refractivity contribution in [2.75, 3.05) is 0 Å². The Morgan fingerprint density at radius 3 is 1.30 bits per heavy atom. The summed E-state index contributed by atoms with van der Waals surface area (Å²) >= 11 is 0. The van der Waals surface area contributed by atoms with E-state index in [1.807, 2.05) is 24.3 Å². The molecule has 4 aromatic rings. The van der Waals surface area contributed by atoms with Crippen LogP contribution in [0.3, 0.4) is 0 Å². The number of carboxylic acid groups (broad SMARTS) is 2. The number of aliphatic carboxylic acids is 2. The second kappa shape index (κ2) is 16.2. The molecule has 0 amide bonds. The highest BCUT2D eigenvalue weighted by molar-refractivity contribution is 5.86. The van der Waals surface area contributed by atoms with Gasteiger partial charge in [0.15, 0.2) is 0 Å². The fraction of sp³-hybridized carbons (Fsp3) is 0.469. The first-order valence-electron chi connectivity index (χ1n) is 20.9. The number of rotatable bonds is 10. The Balaban J connectivity index is 0.000000181. The van der Waals surface area contributed by atoms with E-state index in [1.54, 1.807) is 48.5 Å². The minimum atomic E-state index is -4.14. The normalized spacial score (nSPS) is 22.4. The number of ether oxygens (including phenoxy) is 2. The molecule has 0 saturated heterocycles. The van der Waals surface area contributed by atoms with Crippen molar-refractivity contribution in [2.24, 2.45) is 16.7 Å². The minimum Gasteiger partial charge on any atom is -0.490 e. The molecular formula is C49H53F5O6. The lowest BCUT2D eigenvalue weighted by Gasteiger charge is -2.44. The van der Waals surface area contributed by atoms with E-state index in [-0.39, 0.29) is 41.7 Å². The van der Waals surface area contributed by atoms with Crippen LogP contribution in [-0.2, 0) is 20.4 Å². The van der Waals surface area contributed by atoms with E-state index in [9.17, 15) is 41.8 Å². The molecule has 0 aliphatic heterocycles. The Morgan fingerprint density at radius 2 is 0.967 bits per heavy atom. The Morgan fingerprint density at radius 1 is 0.583 bits per heavy atom. The van der Waals surface area contributed by atoms with Crippen LogP contribution in [0.2, 0.25) is 0 Å². The van der Waals surface area contributed by atoms with Gasteiger partial charge >= 0.3 is 18.1 Å². The van der Waals surface area contributed by atoms with Crippen LogP contribution in [0.15, 0.2) is 84.9 Å². The molecule has 4 aliphatic carbocycles. The van der Waals surface area contributed by atoms with Gasteiger partial charge in [0.25, 0.3) is 0 Å². The zero-order chi connectivity index (χ0) is 43.3. The minimum absolute atomic E-state index is 0.0711. The summed E-state index contributed by atoms with van der Waals surface area (Å²) in [4.78, 5) is 22.9. The largest absolute Gasteiger partial charge is 0.490 e. The Kier molecular flexibility index (Phi) is 11.6. The van der Waals surface area contributed by atoms with Crippen molar-refractivity contribution >= 4 is 11.9 Å². The third kappa shape index (κ3) is 9.50. The van der Waals surface area contributed by atoms with Crippen molar-refractivity contribution in [1.29, 1.82) is 0 Å². The monoisotopic (exact) mass is 832 g/mol. The van der Waals surface area contributed by atoms with Gasteiger partial charge in [-0.15, -0.1) is 0 Å². The van der Waals surface area contributed by atoms with Crippen LogP contribution in [0, 0.1) is 28.4 Å². The van der Waals surface area contributed by atoms with Gasteiger partial charge in [-0.3, -0.25) is 9.59 Å². The number of hydrogen-bond acceptors (Lipinski definition) is 4. The number of halogens is 5. The second-order valence-electron chi connectivity index (χ2n) is 19.0. The van der Waals surface area contributed by atoms with E-state index in [0.717, 1.165) is 24.2 Å². The van der Waals surface area contributed by atoms with Gasteiger partial charge in [0.1, 0.15) is 23.1 Å². The summed E-state index contributed by atoms with van der Waals surface area (Å²) in [6.07, 6.45) is 2.04. The molecule has 0 heterocycles. The maximum absolute atomic E-state index is 14.8. The first-order valence-corrected chi connectivity index (χ1v) is 20.9. The van der Waals surface area contributed by atoms with Crippen molar-refractivity contribution in [1.82, 2.24) is 0 Å². The number of carboxylic acids is 2. The van der Waals surface area contributed by atoms with Crippen molar-refractivity contribution in [2.45, 2.75) is 128 Å². The summed E-state index contributed by atoms with van der Waals surface area (Å²) in [5.41, 5.74) is 1.91. The molecule has 0 spiro atoms. The van der Waals surface area contributed by atoms with Gasteiger partial charge in [0.2, 0.25) is 0 Å². The quantitative estimate of drug-likeness (QED) is 0.155. The number of carbonyl (C=O) groups is 2. The van der Waals surface area contributed by atoms with Gasteiger partial charge in [-0.1, -0.05) is 76.2 Å². The van der Waals surface area contributed by atoms with E-state index in [1.165, 1.54) is 18.6 Å². The molecular weight excluding hydrogens is 780 g/mol. The highest BCUT2D eigenvalue weighted by atomic mass is 19.4. The maximum Gasteiger partial charge on any atom is 0.391 e. The van der Waals surface area contributed by atoms with Gasteiger partial charge in [0, 0.05) is 11.1 Å². The third-order valence-electron chi connectivity index (χ3n) is 13.0. The van der Waals surface area contributed by atoms with Crippen LogP contribution < -0.4 is 9.47 Å².